The van der Waals surface area contributed by atoms with E-state index in [2.05, 4.69) is 31.6 Å². The van der Waals surface area contributed by atoms with Gasteiger partial charge in [0.25, 0.3) is 0 Å². The van der Waals surface area contributed by atoms with Crippen LogP contribution in [-0.4, -0.2) is 46.1 Å². The zero-order chi connectivity index (χ0) is 19.9. The summed E-state index contributed by atoms with van der Waals surface area (Å²) in [6, 6.07) is 7.61. The maximum atomic E-state index is 12.0. The van der Waals surface area contributed by atoms with E-state index in [1.165, 1.54) is 0 Å². The van der Waals surface area contributed by atoms with Crippen molar-refractivity contribution in [1.82, 2.24) is 36.3 Å². The van der Waals surface area contributed by atoms with Crippen molar-refractivity contribution in [3.63, 3.8) is 0 Å². The Bertz CT molecular complexity index is 826. The highest BCUT2D eigenvalue weighted by atomic mass is 35.5. The fourth-order valence-corrected chi connectivity index (χ4v) is 3.23. The molecule has 0 bridgehead atoms. The molecule has 1 saturated heterocycles. The number of urea groups is 1. The molecule has 3 rings (SSSR count). The highest BCUT2D eigenvalue weighted by molar-refractivity contribution is 5.85. The van der Waals surface area contributed by atoms with Gasteiger partial charge in [-0.1, -0.05) is 35.0 Å². The molecule has 158 valence electrons. The van der Waals surface area contributed by atoms with Crippen molar-refractivity contribution in [2.45, 2.75) is 45.4 Å². The van der Waals surface area contributed by atoms with Gasteiger partial charge in [-0.25, -0.2) is 9.48 Å². The highest BCUT2D eigenvalue weighted by Gasteiger charge is 2.30. The molecule has 4 N–H and O–H groups in total. The first kappa shape index (κ1) is 22.6. The molecule has 1 aromatic heterocycles. The van der Waals surface area contributed by atoms with Crippen LogP contribution in [0.5, 0.6) is 0 Å². The number of carbonyl (C=O) groups excluding carboxylic acids is 2. The molecule has 9 nitrogen and oxygen atoms in total. The molecule has 1 fully saturated rings. The van der Waals surface area contributed by atoms with Crippen molar-refractivity contribution in [3.05, 3.63) is 47.3 Å². The number of amides is 3. The Hall–Kier alpha value is -2.65. The molecule has 0 unspecified atom stereocenters. The largest absolute Gasteiger partial charge is 0.355 e. The average molecular weight is 422 g/mol. The van der Waals surface area contributed by atoms with Gasteiger partial charge in [-0.15, -0.1) is 17.5 Å². The Balaban J connectivity index is 0.00000300. The van der Waals surface area contributed by atoms with Crippen LogP contribution in [-0.2, 0) is 17.9 Å². The summed E-state index contributed by atoms with van der Waals surface area (Å²) in [7, 11) is 0. The van der Waals surface area contributed by atoms with Gasteiger partial charge in [-0.2, -0.15) is 0 Å². The molecule has 2 heterocycles. The third kappa shape index (κ3) is 6.43. The molecule has 0 saturated carbocycles. The van der Waals surface area contributed by atoms with Crippen LogP contribution in [0.3, 0.4) is 0 Å². The molecule has 1 aromatic carbocycles. The monoisotopic (exact) mass is 421 g/mol. The first-order valence-corrected chi connectivity index (χ1v) is 9.54. The molecular formula is C19H28ClN7O2. The predicted molar refractivity (Wildman–Crippen MR) is 112 cm³/mol. The summed E-state index contributed by atoms with van der Waals surface area (Å²) >= 11 is 0. The van der Waals surface area contributed by atoms with E-state index in [9.17, 15) is 9.59 Å². The lowest BCUT2D eigenvalue weighted by Gasteiger charge is -2.10. The van der Waals surface area contributed by atoms with E-state index in [0.717, 1.165) is 11.1 Å². The molecule has 2 atom stereocenters. The van der Waals surface area contributed by atoms with Gasteiger partial charge in [0.15, 0.2) is 0 Å². The fourth-order valence-electron chi connectivity index (χ4n) is 3.23. The lowest BCUT2D eigenvalue weighted by atomic mass is 10.1. The first-order chi connectivity index (χ1) is 13.5. The number of rotatable bonds is 7. The second-order valence-corrected chi connectivity index (χ2v) is 6.96. The average Bonchev–Trinajstić information content (AvgIpc) is 3.34. The summed E-state index contributed by atoms with van der Waals surface area (Å²) in [5, 5.41) is 19.9. The van der Waals surface area contributed by atoms with Gasteiger partial charge in [0, 0.05) is 19.6 Å². The van der Waals surface area contributed by atoms with Gasteiger partial charge in [0.05, 0.1) is 24.8 Å². The van der Waals surface area contributed by atoms with Crippen LogP contribution < -0.4 is 21.3 Å². The minimum Gasteiger partial charge on any atom is -0.355 e. The van der Waals surface area contributed by atoms with Crippen LogP contribution in [0.1, 0.15) is 36.2 Å². The summed E-state index contributed by atoms with van der Waals surface area (Å²) < 4.78 is 1.76. The topological polar surface area (TPSA) is 113 Å². The fraction of sp³-hybridized carbons (Fsp3) is 0.474. The van der Waals surface area contributed by atoms with Gasteiger partial charge in [0.2, 0.25) is 5.91 Å². The van der Waals surface area contributed by atoms with Crippen LogP contribution in [0.15, 0.2) is 30.5 Å². The summed E-state index contributed by atoms with van der Waals surface area (Å²) in [6.07, 6.45) is 2.48. The number of hydrogen-bond donors (Lipinski definition) is 4. The highest BCUT2D eigenvalue weighted by Crippen LogP contribution is 2.19. The van der Waals surface area contributed by atoms with Crippen molar-refractivity contribution in [3.8, 4) is 0 Å². The maximum absolute atomic E-state index is 12.0. The molecule has 0 radical (unpaired) electrons. The Morgan fingerprint density at radius 3 is 2.79 bits per heavy atom. The van der Waals surface area contributed by atoms with Crippen molar-refractivity contribution < 1.29 is 9.59 Å². The zero-order valence-electron chi connectivity index (χ0n) is 16.6. The maximum Gasteiger partial charge on any atom is 0.315 e. The molecule has 1 aliphatic heterocycles. The van der Waals surface area contributed by atoms with Gasteiger partial charge >= 0.3 is 6.03 Å². The number of nitrogens with zero attached hydrogens (tertiary/aromatic N) is 3. The minimum absolute atomic E-state index is 0. The Kier molecular flexibility index (Phi) is 8.41. The Morgan fingerprint density at radius 2 is 2.03 bits per heavy atom. The first-order valence-electron chi connectivity index (χ1n) is 9.54. The zero-order valence-corrected chi connectivity index (χ0v) is 17.5. The van der Waals surface area contributed by atoms with Crippen molar-refractivity contribution >= 4 is 24.3 Å². The van der Waals surface area contributed by atoms with Crippen LogP contribution in [0.4, 0.5) is 4.79 Å². The van der Waals surface area contributed by atoms with Crippen molar-refractivity contribution in [2.75, 3.05) is 13.1 Å². The second kappa shape index (κ2) is 10.8. The van der Waals surface area contributed by atoms with E-state index < -0.39 is 0 Å². The van der Waals surface area contributed by atoms with Crippen molar-refractivity contribution in [2.24, 2.45) is 0 Å². The summed E-state index contributed by atoms with van der Waals surface area (Å²) in [5.74, 6) is 0.0114. The second-order valence-electron chi connectivity index (χ2n) is 6.96. The van der Waals surface area contributed by atoms with E-state index in [4.69, 9.17) is 0 Å². The summed E-state index contributed by atoms with van der Waals surface area (Å²) in [5.41, 5.74) is 2.88. The van der Waals surface area contributed by atoms with E-state index in [1.54, 1.807) is 4.68 Å². The number of likely N-dealkylation sites (N-methyl/N-ethyl adjacent to an activating group) is 1. The van der Waals surface area contributed by atoms with E-state index in [1.807, 2.05) is 44.3 Å². The summed E-state index contributed by atoms with van der Waals surface area (Å²) in [6.45, 7) is 5.96. The lowest BCUT2D eigenvalue weighted by molar-refractivity contribution is -0.122. The predicted octanol–water partition coefficient (Wildman–Crippen LogP) is 1.05. The standard InChI is InChI=1S/C19H27N7O2.ClH/c1-3-20-18(27)17-8-16(11-21-17)26-12-15(24-25-26)10-23-19(28)22-9-14-6-4-5-13(2)7-14;/h4-7,12,16-17,21H,3,8-11H2,1-2H3,(H,20,27)(H2,22,23,28);1H/t16-,17-;/m0./s1. The van der Waals surface area contributed by atoms with Gasteiger partial charge < -0.3 is 21.3 Å². The number of hydrogen-bond acceptors (Lipinski definition) is 5. The molecule has 0 aliphatic carbocycles. The van der Waals surface area contributed by atoms with Crippen LogP contribution in [0, 0.1) is 6.92 Å². The number of aromatic nitrogens is 3. The molecule has 0 spiro atoms. The number of halogens is 1. The Morgan fingerprint density at radius 1 is 1.24 bits per heavy atom. The number of benzene rings is 1. The SMILES string of the molecule is CCNC(=O)[C@@H]1C[C@H](n2cc(CNC(=O)NCc3cccc(C)c3)nn2)CN1.Cl. The molecule has 3 amide bonds. The molecule has 2 aromatic rings. The van der Waals surface area contributed by atoms with E-state index in [0.29, 0.717) is 38.3 Å². The quantitative estimate of drug-likeness (QED) is 0.533. The molecule has 29 heavy (non-hydrogen) atoms. The van der Waals surface area contributed by atoms with E-state index in [-0.39, 0.29) is 36.4 Å². The van der Waals surface area contributed by atoms with Gasteiger partial charge in [-0.05, 0) is 25.8 Å². The number of nitrogens with one attached hydrogen (secondary N) is 4. The van der Waals surface area contributed by atoms with Crippen molar-refractivity contribution in [1.29, 1.82) is 0 Å². The smallest absolute Gasteiger partial charge is 0.315 e. The van der Waals surface area contributed by atoms with Gasteiger partial charge in [0.1, 0.15) is 5.69 Å². The number of aryl methyl sites for hydroxylation is 1. The lowest BCUT2D eigenvalue weighted by Crippen LogP contribution is -2.40. The van der Waals surface area contributed by atoms with Crippen LogP contribution in [0.2, 0.25) is 0 Å². The van der Waals surface area contributed by atoms with Crippen LogP contribution in [0.25, 0.3) is 0 Å². The Labute approximate surface area is 176 Å². The van der Waals surface area contributed by atoms with Gasteiger partial charge in [-0.3, -0.25) is 4.79 Å². The van der Waals surface area contributed by atoms with Crippen LogP contribution >= 0.6 is 12.4 Å². The normalized spacial score (nSPS) is 18.0. The third-order valence-corrected chi connectivity index (χ3v) is 4.67. The molecule has 10 heteroatoms. The molecular weight excluding hydrogens is 394 g/mol. The number of carbonyl (C=O) groups is 2. The minimum atomic E-state index is -0.255. The van der Waals surface area contributed by atoms with E-state index >= 15 is 0 Å². The molecule has 1 aliphatic rings. The third-order valence-electron chi connectivity index (χ3n) is 4.67. The summed E-state index contributed by atoms with van der Waals surface area (Å²) in [4.78, 5) is 23.9.